The van der Waals surface area contributed by atoms with E-state index in [0.717, 1.165) is 27.7 Å². The van der Waals surface area contributed by atoms with Crippen LogP contribution in [-0.4, -0.2) is 68.6 Å². The number of carboxylic acids is 4. The smallest absolute Gasteiger partial charge is 0.548 e. The van der Waals surface area contributed by atoms with E-state index in [9.17, 15) is 39.6 Å². The van der Waals surface area contributed by atoms with Gasteiger partial charge in [0, 0.05) is 0 Å². The molecule has 141 valence electrons. The Bertz CT molecular complexity index is 393. The van der Waals surface area contributed by atoms with Gasteiger partial charge in [0.15, 0.2) is 0 Å². The number of hydrogen-bond acceptors (Lipinski definition) is 12. The van der Waals surface area contributed by atoms with Crippen molar-refractivity contribution in [3.63, 3.8) is 0 Å². The van der Waals surface area contributed by atoms with Crippen LogP contribution in [0.2, 0.25) is 0 Å². The van der Waals surface area contributed by atoms with E-state index in [0.29, 0.717) is 0 Å². The van der Waals surface area contributed by atoms with E-state index in [2.05, 4.69) is 0 Å². The molecule has 4 atom stereocenters. The van der Waals surface area contributed by atoms with Gasteiger partial charge in [-0.3, -0.25) is 0 Å². The molecule has 0 aliphatic carbocycles. The van der Waals surface area contributed by atoms with Crippen molar-refractivity contribution in [3.8, 4) is 0 Å². The van der Waals surface area contributed by atoms with Crippen molar-refractivity contribution in [3.05, 3.63) is 0 Å². The Kier molecular flexibility index (Phi) is 14.2. The minimum Gasteiger partial charge on any atom is -0.548 e. The minimum absolute atomic E-state index is 0. The van der Waals surface area contributed by atoms with Crippen LogP contribution in [0.25, 0.3) is 0 Å². The van der Waals surface area contributed by atoms with Crippen LogP contribution < -0.4 is 20.4 Å². The average molecular weight is 401 g/mol. The number of carboxylic acid groups (broad SMARTS) is 4. The molecule has 25 heavy (non-hydrogen) atoms. The zero-order valence-electron chi connectivity index (χ0n) is 13.8. The second-order valence-corrected chi connectivity index (χ2v) is 4.74. The van der Waals surface area contributed by atoms with Crippen molar-refractivity contribution in [2.24, 2.45) is 0 Å². The van der Waals surface area contributed by atoms with Crippen molar-refractivity contribution >= 4 is 23.9 Å². The van der Waals surface area contributed by atoms with Gasteiger partial charge in [-0.05, 0) is 27.7 Å². The molecule has 0 spiro atoms. The summed E-state index contributed by atoms with van der Waals surface area (Å²) in [7, 11) is 0. The molecular formula is C12H18N2O10V. The third kappa shape index (κ3) is 10.0. The SMILES string of the molecule is C[C@@H](C(=O)[O-])N(O)[C@@H](C)C(=O)[O-].C[C@@H](C(=O)[O-])N(O)[C@@H](C)C(=O)[O-].[V+4]. The summed E-state index contributed by atoms with van der Waals surface area (Å²) < 4.78 is 0. The van der Waals surface area contributed by atoms with E-state index in [-0.39, 0.29) is 28.7 Å². The van der Waals surface area contributed by atoms with Crippen molar-refractivity contribution < 1.29 is 68.6 Å². The molecule has 0 aliphatic rings. The summed E-state index contributed by atoms with van der Waals surface area (Å²) >= 11 is 0. The second kappa shape index (κ2) is 12.6. The van der Waals surface area contributed by atoms with E-state index in [1.807, 2.05) is 0 Å². The Hall–Kier alpha value is -1.70. The fourth-order valence-electron chi connectivity index (χ4n) is 1.10. The largest absolute Gasteiger partial charge is 4.00 e. The molecule has 0 aromatic rings. The number of rotatable bonds is 8. The zero-order chi connectivity index (χ0) is 19.8. The van der Waals surface area contributed by atoms with Gasteiger partial charge in [-0.15, -0.1) is 0 Å². The van der Waals surface area contributed by atoms with E-state index in [1.54, 1.807) is 0 Å². The van der Waals surface area contributed by atoms with Crippen molar-refractivity contribution in [1.82, 2.24) is 10.1 Å². The van der Waals surface area contributed by atoms with Gasteiger partial charge in [0.1, 0.15) is 0 Å². The summed E-state index contributed by atoms with van der Waals surface area (Å²) in [6.45, 7) is 4.42. The van der Waals surface area contributed by atoms with Gasteiger partial charge in [0.05, 0.1) is 48.0 Å². The number of hydroxylamine groups is 4. The molecule has 0 aromatic heterocycles. The normalized spacial score (nSPS) is 15.0. The van der Waals surface area contributed by atoms with Crippen molar-refractivity contribution in [1.29, 1.82) is 0 Å². The third-order valence-electron chi connectivity index (χ3n) is 2.95. The quantitative estimate of drug-likeness (QED) is 0.364. The fraction of sp³-hybridized carbons (Fsp3) is 0.667. The topological polar surface area (TPSA) is 207 Å². The molecule has 0 heterocycles. The summed E-state index contributed by atoms with van der Waals surface area (Å²) in [5.74, 6) is -6.20. The van der Waals surface area contributed by atoms with Crippen molar-refractivity contribution in [2.75, 3.05) is 0 Å². The first-order chi connectivity index (χ1) is 10.7. The molecule has 0 aromatic carbocycles. The summed E-state index contributed by atoms with van der Waals surface area (Å²) in [6, 6.07) is -5.51. The molecule has 0 rings (SSSR count). The molecule has 13 heteroatoms. The van der Waals surface area contributed by atoms with Gasteiger partial charge in [0.2, 0.25) is 0 Å². The first-order valence-corrected chi connectivity index (χ1v) is 6.53. The van der Waals surface area contributed by atoms with Gasteiger partial charge in [-0.2, -0.15) is 10.1 Å². The Morgan fingerprint density at radius 3 is 0.800 bits per heavy atom. The monoisotopic (exact) mass is 401 g/mol. The van der Waals surface area contributed by atoms with E-state index in [1.165, 1.54) is 0 Å². The Labute approximate surface area is 155 Å². The molecule has 0 saturated heterocycles. The number of carbonyl (C=O) groups is 4. The molecule has 1 radical (unpaired) electrons. The van der Waals surface area contributed by atoms with Gasteiger partial charge in [-0.1, -0.05) is 0 Å². The Morgan fingerprint density at radius 2 is 0.720 bits per heavy atom. The molecule has 0 amide bonds. The van der Waals surface area contributed by atoms with Gasteiger partial charge in [-0.25, -0.2) is 0 Å². The van der Waals surface area contributed by atoms with Crippen LogP contribution in [0.1, 0.15) is 27.7 Å². The molecule has 2 N–H and O–H groups in total. The van der Waals surface area contributed by atoms with Gasteiger partial charge in [0.25, 0.3) is 0 Å². The number of hydrogen-bond donors (Lipinski definition) is 2. The molecule has 0 unspecified atom stereocenters. The summed E-state index contributed by atoms with van der Waals surface area (Å²) in [4.78, 5) is 40.6. The standard InChI is InChI=1S/2C6H11NO5.V/c2*1-3(5(8)9)7(12)4(2)6(10)11;/h2*3-4,12H,1-2H3,(H,8,9)(H,10,11);/q;;+4/p-4/t2*3-,4-;/m00./s1. The molecule has 0 saturated carbocycles. The van der Waals surface area contributed by atoms with Crippen LogP contribution in [0.5, 0.6) is 0 Å². The van der Waals surface area contributed by atoms with Crippen LogP contribution >= 0.6 is 0 Å². The predicted octanol–water partition coefficient (Wildman–Crippen LogP) is -6.09. The summed E-state index contributed by atoms with van der Waals surface area (Å²) in [5.41, 5.74) is 0. The van der Waals surface area contributed by atoms with E-state index >= 15 is 0 Å². The third-order valence-corrected chi connectivity index (χ3v) is 2.95. The van der Waals surface area contributed by atoms with E-state index < -0.39 is 48.0 Å². The predicted molar refractivity (Wildman–Crippen MR) is 65.1 cm³/mol. The number of aliphatic carboxylic acids is 4. The molecule has 0 aliphatic heterocycles. The fourth-order valence-corrected chi connectivity index (χ4v) is 1.10. The summed E-state index contributed by atoms with van der Waals surface area (Å²) in [5, 5.41) is 58.7. The molecule has 0 fully saturated rings. The molecular weight excluding hydrogens is 383 g/mol. The van der Waals surface area contributed by atoms with Crippen LogP contribution in [0.4, 0.5) is 0 Å². The number of carbonyl (C=O) groups excluding carboxylic acids is 4. The molecule has 0 bridgehead atoms. The Morgan fingerprint density at radius 1 is 0.600 bits per heavy atom. The van der Waals surface area contributed by atoms with Crippen LogP contribution in [-0.2, 0) is 37.7 Å². The van der Waals surface area contributed by atoms with Gasteiger partial charge < -0.3 is 50.0 Å². The minimum atomic E-state index is -1.55. The maximum absolute atomic E-state index is 10.1. The van der Waals surface area contributed by atoms with Crippen LogP contribution in [0, 0.1) is 0 Å². The maximum Gasteiger partial charge on any atom is 4.00 e. The summed E-state index contributed by atoms with van der Waals surface area (Å²) in [6.07, 6.45) is 0. The second-order valence-electron chi connectivity index (χ2n) is 4.74. The van der Waals surface area contributed by atoms with Crippen LogP contribution in [0.3, 0.4) is 0 Å². The van der Waals surface area contributed by atoms with Gasteiger partial charge >= 0.3 is 18.6 Å². The van der Waals surface area contributed by atoms with Crippen molar-refractivity contribution in [2.45, 2.75) is 51.9 Å². The van der Waals surface area contributed by atoms with E-state index in [4.69, 9.17) is 10.4 Å². The zero-order valence-corrected chi connectivity index (χ0v) is 15.2. The average Bonchev–Trinajstić information content (AvgIpc) is 2.50. The Balaban J connectivity index is -0.000000372. The maximum atomic E-state index is 10.1. The number of nitrogens with zero attached hydrogens (tertiary/aromatic N) is 2. The molecule has 12 nitrogen and oxygen atoms in total. The first kappa shape index (κ1) is 28.1. The van der Waals surface area contributed by atoms with Crippen LogP contribution in [0.15, 0.2) is 0 Å². The first-order valence-electron chi connectivity index (χ1n) is 6.53.